The first-order valence-corrected chi connectivity index (χ1v) is 8.91. The van der Waals surface area contributed by atoms with E-state index in [1.165, 1.54) is 12.1 Å². The first-order chi connectivity index (χ1) is 13.6. The second kappa shape index (κ2) is 7.54. The summed E-state index contributed by atoms with van der Waals surface area (Å²) in [6.45, 7) is 0. The van der Waals surface area contributed by atoms with E-state index >= 15 is 0 Å². The van der Waals surface area contributed by atoms with E-state index in [1.54, 1.807) is 18.3 Å². The molecule has 6 nitrogen and oxygen atoms in total. The van der Waals surface area contributed by atoms with Gasteiger partial charge in [0.15, 0.2) is 0 Å². The molecule has 138 valence electrons. The number of non-ortho nitro benzene ring substituents is 1. The highest BCUT2D eigenvalue weighted by Crippen LogP contribution is 2.32. The highest BCUT2D eigenvalue weighted by Gasteiger charge is 2.15. The van der Waals surface area contributed by atoms with Crippen molar-refractivity contribution in [3.63, 3.8) is 0 Å². The lowest BCUT2D eigenvalue weighted by Crippen LogP contribution is -1.95. The van der Waals surface area contributed by atoms with Crippen LogP contribution in [-0.4, -0.2) is 15.7 Å². The van der Waals surface area contributed by atoms with E-state index in [1.807, 2.05) is 59.2 Å². The number of nitrogens with zero attached hydrogens (tertiary/aromatic N) is 3. The molecule has 0 saturated carbocycles. The van der Waals surface area contributed by atoms with E-state index in [9.17, 15) is 10.1 Å². The first-order valence-electron chi connectivity index (χ1n) is 8.53. The standard InChI is InChI=1S/C21H15ClN4O2/c22-21-19(14-23-24-15-7-6-10-17(13-15)26(27)28)18-11-4-5-12-20(18)25(21)16-8-2-1-3-9-16/h1-14,24H. The van der Waals surface area contributed by atoms with Crippen molar-refractivity contribution in [2.45, 2.75) is 0 Å². The molecule has 0 aliphatic heterocycles. The van der Waals surface area contributed by atoms with Gasteiger partial charge in [-0.3, -0.25) is 20.1 Å². The molecular formula is C21H15ClN4O2. The van der Waals surface area contributed by atoms with Gasteiger partial charge in [0.05, 0.1) is 22.3 Å². The smallest absolute Gasteiger partial charge is 0.271 e. The number of nitro benzene ring substituents is 1. The van der Waals surface area contributed by atoms with Crippen molar-refractivity contribution in [1.29, 1.82) is 0 Å². The van der Waals surface area contributed by atoms with E-state index in [0.29, 0.717) is 10.8 Å². The molecule has 0 saturated heterocycles. The number of hydrogen-bond donors (Lipinski definition) is 1. The Labute approximate surface area is 165 Å². The molecule has 7 heteroatoms. The summed E-state index contributed by atoms with van der Waals surface area (Å²) in [5, 5.41) is 16.6. The molecule has 0 atom stereocenters. The van der Waals surface area contributed by atoms with Crippen LogP contribution in [0.1, 0.15) is 5.56 Å². The Morgan fingerprint density at radius 2 is 1.75 bits per heavy atom. The molecular weight excluding hydrogens is 376 g/mol. The molecule has 0 unspecified atom stereocenters. The van der Waals surface area contributed by atoms with Crippen molar-refractivity contribution < 1.29 is 4.92 Å². The maximum atomic E-state index is 10.9. The lowest BCUT2D eigenvalue weighted by atomic mass is 10.2. The molecule has 1 heterocycles. The van der Waals surface area contributed by atoms with Crippen LogP contribution in [0, 0.1) is 10.1 Å². The van der Waals surface area contributed by atoms with Gasteiger partial charge >= 0.3 is 0 Å². The summed E-state index contributed by atoms with van der Waals surface area (Å²) >= 11 is 6.69. The molecule has 0 bridgehead atoms. The van der Waals surface area contributed by atoms with Gasteiger partial charge in [0.1, 0.15) is 5.15 Å². The summed E-state index contributed by atoms with van der Waals surface area (Å²) in [5.74, 6) is 0. The van der Waals surface area contributed by atoms with Gasteiger partial charge in [0, 0.05) is 28.8 Å². The summed E-state index contributed by atoms with van der Waals surface area (Å²) in [7, 11) is 0. The maximum Gasteiger partial charge on any atom is 0.271 e. The van der Waals surface area contributed by atoms with Crippen LogP contribution in [0.2, 0.25) is 5.15 Å². The Hall–Kier alpha value is -3.64. The molecule has 1 N–H and O–H groups in total. The fourth-order valence-electron chi connectivity index (χ4n) is 3.05. The first kappa shape index (κ1) is 17.8. The average Bonchev–Trinajstić information content (AvgIpc) is 3.00. The number of nitro groups is 1. The van der Waals surface area contributed by atoms with E-state index in [4.69, 9.17) is 11.6 Å². The molecule has 0 amide bonds. The molecule has 0 spiro atoms. The minimum atomic E-state index is -0.445. The number of halogens is 1. The van der Waals surface area contributed by atoms with E-state index in [2.05, 4.69) is 10.5 Å². The van der Waals surface area contributed by atoms with Gasteiger partial charge in [0.25, 0.3) is 5.69 Å². The number of nitrogens with one attached hydrogen (secondary N) is 1. The quantitative estimate of drug-likeness (QED) is 0.272. The van der Waals surface area contributed by atoms with Crippen LogP contribution in [0.15, 0.2) is 84.0 Å². The third-order valence-electron chi connectivity index (χ3n) is 4.31. The SMILES string of the molecule is O=[N+]([O-])c1cccc(NN=Cc2c(Cl)n(-c3ccccc3)c3ccccc23)c1. The molecule has 0 aliphatic rings. The molecule has 3 aromatic carbocycles. The molecule has 1 aromatic heterocycles. The number of hydrogen-bond acceptors (Lipinski definition) is 4. The Bertz CT molecular complexity index is 1190. The molecule has 0 fully saturated rings. The van der Waals surface area contributed by atoms with E-state index < -0.39 is 4.92 Å². The normalized spacial score (nSPS) is 11.2. The van der Waals surface area contributed by atoms with Gasteiger partial charge in [-0.15, -0.1) is 0 Å². The summed E-state index contributed by atoms with van der Waals surface area (Å²) in [6.07, 6.45) is 1.63. The maximum absolute atomic E-state index is 10.9. The lowest BCUT2D eigenvalue weighted by Gasteiger charge is -2.06. The zero-order valence-corrected chi connectivity index (χ0v) is 15.4. The molecule has 4 aromatic rings. The summed E-state index contributed by atoms with van der Waals surface area (Å²) < 4.78 is 1.96. The Balaban J connectivity index is 1.72. The second-order valence-corrected chi connectivity index (χ2v) is 6.43. The second-order valence-electron chi connectivity index (χ2n) is 6.07. The minimum absolute atomic E-state index is 0.00101. The number of fused-ring (bicyclic) bond motifs is 1. The Kier molecular flexibility index (Phi) is 4.78. The highest BCUT2D eigenvalue weighted by molar-refractivity contribution is 6.34. The van der Waals surface area contributed by atoms with Crippen LogP contribution in [0.25, 0.3) is 16.6 Å². The zero-order chi connectivity index (χ0) is 19.5. The van der Waals surface area contributed by atoms with Crippen molar-refractivity contribution in [3.8, 4) is 5.69 Å². The highest BCUT2D eigenvalue weighted by atomic mass is 35.5. The minimum Gasteiger partial charge on any atom is -0.300 e. The van der Waals surface area contributed by atoms with Gasteiger partial charge in [-0.25, -0.2) is 0 Å². The molecule has 4 rings (SSSR count). The summed E-state index contributed by atoms with van der Waals surface area (Å²) in [5.41, 5.74) is 6.03. The number of anilines is 1. The number of para-hydroxylation sites is 2. The van der Waals surface area contributed by atoms with Crippen molar-refractivity contribution in [2.24, 2.45) is 5.10 Å². The van der Waals surface area contributed by atoms with Crippen LogP contribution in [0.4, 0.5) is 11.4 Å². The summed E-state index contributed by atoms with van der Waals surface area (Å²) in [6, 6.07) is 23.9. The number of rotatable bonds is 5. The van der Waals surface area contributed by atoms with Gasteiger partial charge in [0.2, 0.25) is 0 Å². The van der Waals surface area contributed by atoms with Gasteiger partial charge in [-0.1, -0.05) is 54.1 Å². The van der Waals surface area contributed by atoms with Crippen molar-refractivity contribution in [1.82, 2.24) is 4.57 Å². The van der Waals surface area contributed by atoms with Crippen LogP contribution in [0.5, 0.6) is 0 Å². The lowest BCUT2D eigenvalue weighted by molar-refractivity contribution is -0.384. The third kappa shape index (κ3) is 3.33. The van der Waals surface area contributed by atoms with Crippen molar-refractivity contribution in [2.75, 3.05) is 5.43 Å². The number of hydrazone groups is 1. The fraction of sp³-hybridized carbons (Fsp3) is 0. The fourth-order valence-corrected chi connectivity index (χ4v) is 3.39. The topological polar surface area (TPSA) is 72.5 Å². The van der Waals surface area contributed by atoms with Crippen LogP contribution in [-0.2, 0) is 0 Å². The number of benzene rings is 3. The van der Waals surface area contributed by atoms with Crippen LogP contribution in [0.3, 0.4) is 0 Å². The zero-order valence-electron chi connectivity index (χ0n) is 14.6. The van der Waals surface area contributed by atoms with Gasteiger partial charge in [-0.05, 0) is 24.3 Å². The van der Waals surface area contributed by atoms with Crippen LogP contribution < -0.4 is 5.43 Å². The van der Waals surface area contributed by atoms with Gasteiger partial charge in [-0.2, -0.15) is 5.10 Å². The summed E-state index contributed by atoms with van der Waals surface area (Å²) in [4.78, 5) is 10.5. The average molecular weight is 391 g/mol. The van der Waals surface area contributed by atoms with Gasteiger partial charge < -0.3 is 0 Å². The molecule has 0 aliphatic carbocycles. The molecule has 0 radical (unpaired) electrons. The third-order valence-corrected chi connectivity index (χ3v) is 4.68. The predicted octanol–water partition coefficient (Wildman–Crippen LogP) is 5.64. The van der Waals surface area contributed by atoms with E-state index in [0.717, 1.165) is 22.2 Å². The molecule has 28 heavy (non-hydrogen) atoms. The van der Waals surface area contributed by atoms with E-state index in [-0.39, 0.29) is 5.69 Å². The van der Waals surface area contributed by atoms with Crippen molar-refractivity contribution in [3.05, 3.63) is 99.7 Å². The Morgan fingerprint density at radius 3 is 2.54 bits per heavy atom. The Morgan fingerprint density at radius 1 is 1.00 bits per heavy atom. The number of aromatic nitrogens is 1. The predicted molar refractivity (Wildman–Crippen MR) is 113 cm³/mol. The van der Waals surface area contributed by atoms with Crippen molar-refractivity contribution >= 4 is 40.1 Å². The largest absolute Gasteiger partial charge is 0.300 e. The monoisotopic (exact) mass is 390 g/mol. The van der Waals surface area contributed by atoms with Crippen LogP contribution >= 0.6 is 11.6 Å².